The second-order valence-electron chi connectivity index (χ2n) is 3.52. The van der Waals surface area contributed by atoms with Crippen molar-refractivity contribution in [2.24, 2.45) is 5.92 Å². The third kappa shape index (κ3) is 2.03. The van der Waals surface area contributed by atoms with Gasteiger partial charge < -0.3 is 4.74 Å². The van der Waals surface area contributed by atoms with Gasteiger partial charge in [0.2, 0.25) is 0 Å². The van der Waals surface area contributed by atoms with Crippen LogP contribution in [0, 0.1) is 5.92 Å². The maximum Gasteiger partial charge on any atom is 0.149 e. The second kappa shape index (κ2) is 3.81. The van der Waals surface area contributed by atoms with Gasteiger partial charge in [-0.1, -0.05) is 13.5 Å². The van der Waals surface area contributed by atoms with Crippen LogP contribution in [0.15, 0.2) is 23.5 Å². The van der Waals surface area contributed by atoms with Gasteiger partial charge in [-0.05, 0) is 53.5 Å². The Morgan fingerprint density at radius 3 is 2.67 bits per heavy atom. The first-order chi connectivity index (χ1) is 5.52. The van der Waals surface area contributed by atoms with E-state index < -0.39 is 0 Å². The SMILES string of the molecule is C=C1C(=C(C)C)O[C@@H](I)C[C@H]1C. The summed E-state index contributed by atoms with van der Waals surface area (Å²) in [6.07, 6.45) is 1.08. The molecular weight excluding hydrogens is 263 g/mol. The first-order valence-corrected chi connectivity index (χ1v) is 5.44. The van der Waals surface area contributed by atoms with E-state index in [0.717, 1.165) is 17.8 Å². The lowest BCUT2D eigenvalue weighted by atomic mass is 9.94. The fraction of sp³-hybridized carbons (Fsp3) is 0.600. The Balaban J connectivity index is 2.88. The molecule has 2 heteroatoms. The molecule has 1 saturated heterocycles. The first kappa shape index (κ1) is 10.1. The van der Waals surface area contributed by atoms with Gasteiger partial charge in [-0.3, -0.25) is 0 Å². The van der Waals surface area contributed by atoms with Gasteiger partial charge in [0, 0.05) is 6.42 Å². The molecule has 0 aromatic rings. The highest BCUT2D eigenvalue weighted by molar-refractivity contribution is 14.1. The van der Waals surface area contributed by atoms with Crippen LogP contribution in [0.2, 0.25) is 0 Å². The van der Waals surface area contributed by atoms with E-state index in [0.29, 0.717) is 10.0 Å². The smallest absolute Gasteiger partial charge is 0.149 e. The predicted octanol–water partition coefficient (Wildman–Crippen LogP) is 3.65. The van der Waals surface area contributed by atoms with Crippen molar-refractivity contribution in [1.29, 1.82) is 0 Å². The Labute approximate surface area is 88.0 Å². The summed E-state index contributed by atoms with van der Waals surface area (Å²) in [6.45, 7) is 10.4. The van der Waals surface area contributed by atoms with Crippen molar-refractivity contribution in [1.82, 2.24) is 0 Å². The van der Waals surface area contributed by atoms with Crippen molar-refractivity contribution < 1.29 is 4.74 Å². The van der Waals surface area contributed by atoms with Crippen molar-refractivity contribution in [2.45, 2.75) is 31.3 Å². The Hall–Kier alpha value is 0.0100. The van der Waals surface area contributed by atoms with Crippen LogP contribution in [-0.4, -0.2) is 4.11 Å². The summed E-state index contributed by atoms with van der Waals surface area (Å²) in [4.78, 5) is 0. The molecule has 0 bridgehead atoms. The molecule has 0 unspecified atom stereocenters. The van der Waals surface area contributed by atoms with Gasteiger partial charge in [0.15, 0.2) is 0 Å². The number of halogens is 1. The van der Waals surface area contributed by atoms with E-state index in [1.165, 1.54) is 5.57 Å². The Morgan fingerprint density at radius 1 is 1.58 bits per heavy atom. The van der Waals surface area contributed by atoms with Crippen LogP contribution in [-0.2, 0) is 4.74 Å². The molecule has 1 heterocycles. The molecule has 1 fully saturated rings. The molecule has 1 aliphatic rings. The van der Waals surface area contributed by atoms with Crippen molar-refractivity contribution in [3.8, 4) is 0 Å². The zero-order valence-corrected chi connectivity index (χ0v) is 10.0. The summed E-state index contributed by atoms with van der Waals surface area (Å²) in [5, 5.41) is 0. The molecule has 1 rings (SSSR count). The van der Waals surface area contributed by atoms with Crippen LogP contribution in [0.1, 0.15) is 27.2 Å². The minimum Gasteiger partial charge on any atom is -0.480 e. The molecule has 0 aliphatic carbocycles. The van der Waals surface area contributed by atoms with E-state index in [2.05, 4.69) is 49.9 Å². The van der Waals surface area contributed by atoms with Crippen LogP contribution in [0.5, 0.6) is 0 Å². The van der Waals surface area contributed by atoms with Crippen LogP contribution in [0.25, 0.3) is 0 Å². The highest BCUT2D eigenvalue weighted by atomic mass is 127. The summed E-state index contributed by atoms with van der Waals surface area (Å²) < 4.78 is 6.01. The third-order valence-corrected chi connectivity index (χ3v) is 2.89. The average molecular weight is 278 g/mol. The predicted molar refractivity (Wildman–Crippen MR) is 60.2 cm³/mol. The summed E-state index contributed by atoms with van der Waals surface area (Å²) >= 11 is 2.33. The van der Waals surface area contributed by atoms with E-state index in [9.17, 15) is 0 Å². The molecule has 12 heavy (non-hydrogen) atoms. The maximum absolute atomic E-state index is 5.70. The fourth-order valence-corrected chi connectivity index (χ4v) is 2.35. The van der Waals surface area contributed by atoms with Crippen LogP contribution < -0.4 is 0 Å². The van der Waals surface area contributed by atoms with Crippen molar-refractivity contribution in [3.63, 3.8) is 0 Å². The zero-order valence-electron chi connectivity index (χ0n) is 7.86. The number of hydrogen-bond donors (Lipinski definition) is 0. The molecule has 0 aromatic carbocycles. The van der Waals surface area contributed by atoms with Gasteiger partial charge in [0.1, 0.15) is 9.87 Å². The normalized spacial score (nSPS) is 30.0. The fourth-order valence-electron chi connectivity index (χ4n) is 1.33. The molecule has 0 N–H and O–H groups in total. The largest absolute Gasteiger partial charge is 0.480 e. The minimum absolute atomic E-state index is 0.313. The molecule has 1 aliphatic heterocycles. The van der Waals surface area contributed by atoms with E-state index in [1.807, 2.05) is 0 Å². The minimum atomic E-state index is 0.313. The Kier molecular flexibility index (Phi) is 3.21. The lowest BCUT2D eigenvalue weighted by Crippen LogP contribution is -2.20. The number of rotatable bonds is 0. The van der Waals surface area contributed by atoms with Crippen molar-refractivity contribution in [3.05, 3.63) is 23.5 Å². The monoisotopic (exact) mass is 278 g/mol. The summed E-state index contributed by atoms with van der Waals surface area (Å²) in [5.41, 5.74) is 2.39. The standard InChI is InChI=1S/C10H15IO/c1-6(2)10-8(4)7(3)5-9(11)12-10/h7,9H,4-5H2,1-3H3/t7-,9-/m1/s1. The molecule has 0 saturated carbocycles. The highest BCUT2D eigenvalue weighted by Gasteiger charge is 2.25. The van der Waals surface area contributed by atoms with Gasteiger partial charge in [-0.15, -0.1) is 0 Å². The molecular formula is C10H15IO. The van der Waals surface area contributed by atoms with E-state index in [4.69, 9.17) is 4.74 Å². The third-order valence-electron chi connectivity index (χ3n) is 2.13. The molecule has 1 nitrogen and oxygen atoms in total. The quantitative estimate of drug-likeness (QED) is 0.485. The number of allylic oxidation sites excluding steroid dienone is 2. The first-order valence-electron chi connectivity index (χ1n) is 4.19. The molecule has 68 valence electrons. The molecule has 0 spiro atoms. The van der Waals surface area contributed by atoms with Gasteiger partial charge >= 0.3 is 0 Å². The molecule has 0 amide bonds. The average Bonchev–Trinajstić information content (AvgIpc) is 1.96. The zero-order chi connectivity index (χ0) is 9.30. The number of ether oxygens (including phenoxy) is 1. The van der Waals surface area contributed by atoms with Gasteiger partial charge in [0.05, 0.1) is 0 Å². The second-order valence-corrected chi connectivity index (χ2v) is 4.91. The van der Waals surface area contributed by atoms with Crippen LogP contribution in [0.4, 0.5) is 0 Å². The van der Waals surface area contributed by atoms with E-state index in [1.54, 1.807) is 0 Å². The topological polar surface area (TPSA) is 9.23 Å². The van der Waals surface area contributed by atoms with Gasteiger partial charge in [-0.25, -0.2) is 0 Å². The summed E-state index contributed by atoms with van der Waals surface area (Å²) in [7, 11) is 0. The molecule has 0 aromatic heterocycles. The highest BCUT2D eigenvalue weighted by Crippen LogP contribution is 2.35. The van der Waals surface area contributed by atoms with Crippen molar-refractivity contribution >= 4 is 22.6 Å². The summed E-state index contributed by atoms with van der Waals surface area (Å²) in [5.74, 6) is 1.58. The number of alkyl halides is 1. The van der Waals surface area contributed by atoms with E-state index in [-0.39, 0.29) is 0 Å². The Bertz CT molecular complexity index is 226. The number of hydrogen-bond acceptors (Lipinski definition) is 1. The lowest BCUT2D eigenvalue weighted by Gasteiger charge is -2.29. The Morgan fingerprint density at radius 2 is 2.17 bits per heavy atom. The van der Waals surface area contributed by atoms with Gasteiger partial charge in [-0.2, -0.15) is 0 Å². The van der Waals surface area contributed by atoms with Gasteiger partial charge in [0.25, 0.3) is 0 Å². The molecule has 0 radical (unpaired) electrons. The summed E-state index contributed by atoms with van der Waals surface area (Å²) in [6, 6.07) is 0. The van der Waals surface area contributed by atoms with Crippen LogP contribution >= 0.6 is 22.6 Å². The van der Waals surface area contributed by atoms with Crippen molar-refractivity contribution in [2.75, 3.05) is 0 Å². The van der Waals surface area contributed by atoms with Crippen LogP contribution in [0.3, 0.4) is 0 Å². The molecule has 2 atom stereocenters. The van der Waals surface area contributed by atoms with E-state index >= 15 is 0 Å². The lowest BCUT2D eigenvalue weighted by molar-refractivity contribution is 0.155. The maximum atomic E-state index is 5.70.